The molecule has 0 radical (unpaired) electrons. The van der Waals surface area contributed by atoms with Gasteiger partial charge in [0, 0.05) is 32.0 Å². The fourth-order valence-electron chi connectivity index (χ4n) is 1.57. The Hall–Kier alpha value is -1.13. The zero-order valence-electron chi connectivity index (χ0n) is 9.93. The van der Waals surface area contributed by atoms with Gasteiger partial charge in [-0.15, -0.1) is 0 Å². The van der Waals surface area contributed by atoms with Crippen LogP contribution in [0, 0.1) is 0 Å². The normalized spacial score (nSPS) is 12.2. The van der Waals surface area contributed by atoms with Crippen LogP contribution in [0.4, 0.5) is 5.69 Å². The van der Waals surface area contributed by atoms with Crippen molar-refractivity contribution < 1.29 is 4.74 Å². The SMILES string of the molecule is COC(C)CN(C)c1ccccc1C(N)=S. The first-order chi connectivity index (χ1) is 7.56. The Labute approximate surface area is 102 Å². The third-order valence-corrected chi connectivity index (χ3v) is 2.73. The van der Waals surface area contributed by atoms with E-state index in [4.69, 9.17) is 22.7 Å². The van der Waals surface area contributed by atoms with Crippen molar-refractivity contribution in [3.05, 3.63) is 29.8 Å². The van der Waals surface area contributed by atoms with Gasteiger partial charge in [-0.2, -0.15) is 0 Å². The summed E-state index contributed by atoms with van der Waals surface area (Å²) in [6.07, 6.45) is 0.171. The molecule has 1 aromatic rings. The van der Waals surface area contributed by atoms with Gasteiger partial charge in [-0.3, -0.25) is 0 Å². The number of rotatable bonds is 5. The first-order valence-electron chi connectivity index (χ1n) is 5.19. The lowest BCUT2D eigenvalue weighted by molar-refractivity contribution is 0.124. The molecule has 1 aromatic carbocycles. The molecule has 0 aromatic heterocycles. The van der Waals surface area contributed by atoms with Crippen molar-refractivity contribution >= 4 is 22.9 Å². The number of thiocarbonyl (C=S) groups is 1. The average Bonchev–Trinajstić information content (AvgIpc) is 2.28. The van der Waals surface area contributed by atoms with Crippen LogP contribution >= 0.6 is 12.2 Å². The molecule has 0 bridgehead atoms. The van der Waals surface area contributed by atoms with Crippen molar-refractivity contribution in [2.45, 2.75) is 13.0 Å². The highest BCUT2D eigenvalue weighted by atomic mass is 32.1. The number of ether oxygens (including phenoxy) is 1. The molecule has 16 heavy (non-hydrogen) atoms. The maximum atomic E-state index is 5.69. The molecule has 0 fully saturated rings. The molecule has 0 aliphatic heterocycles. The number of methoxy groups -OCH3 is 1. The average molecular weight is 238 g/mol. The Kier molecular flexibility index (Phi) is 4.71. The van der Waals surface area contributed by atoms with E-state index in [-0.39, 0.29) is 6.10 Å². The second-order valence-corrected chi connectivity index (χ2v) is 4.25. The van der Waals surface area contributed by atoms with Crippen molar-refractivity contribution in [2.24, 2.45) is 5.73 Å². The molecule has 0 aliphatic rings. The standard InChI is InChI=1S/C12H18N2OS/c1-9(15-3)8-14(2)11-7-5-4-6-10(11)12(13)16/h4-7,9H,8H2,1-3H3,(H2,13,16). The van der Waals surface area contributed by atoms with Gasteiger partial charge in [0.05, 0.1) is 6.10 Å². The summed E-state index contributed by atoms with van der Waals surface area (Å²) in [6.45, 7) is 2.83. The first kappa shape index (κ1) is 12.9. The van der Waals surface area contributed by atoms with Crippen molar-refractivity contribution in [3.8, 4) is 0 Å². The number of likely N-dealkylation sites (N-methyl/N-ethyl adjacent to an activating group) is 1. The molecular formula is C12H18N2OS. The van der Waals surface area contributed by atoms with E-state index in [1.54, 1.807) is 7.11 Å². The number of para-hydroxylation sites is 1. The molecule has 88 valence electrons. The fraction of sp³-hybridized carbons (Fsp3) is 0.417. The molecule has 3 nitrogen and oxygen atoms in total. The molecule has 2 N–H and O–H groups in total. The lowest BCUT2D eigenvalue weighted by Gasteiger charge is -2.24. The van der Waals surface area contributed by atoms with Crippen LogP contribution in [0.5, 0.6) is 0 Å². The van der Waals surface area contributed by atoms with E-state index in [0.29, 0.717) is 4.99 Å². The number of hydrogen-bond acceptors (Lipinski definition) is 3. The molecule has 1 atom stereocenters. The number of nitrogens with zero attached hydrogens (tertiary/aromatic N) is 1. The maximum Gasteiger partial charge on any atom is 0.106 e. The van der Waals surface area contributed by atoms with Crippen LogP contribution in [0.15, 0.2) is 24.3 Å². The Morgan fingerprint density at radius 3 is 2.69 bits per heavy atom. The molecule has 0 heterocycles. The summed E-state index contributed by atoms with van der Waals surface area (Å²) in [5.74, 6) is 0. The molecule has 4 heteroatoms. The van der Waals surface area contributed by atoms with E-state index >= 15 is 0 Å². The number of benzene rings is 1. The van der Waals surface area contributed by atoms with E-state index in [1.165, 1.54) is 0 Å². The second kappa shape index (κ2) is 5.82. The van der Waals surface area contributed by atoms with Crippen LogP contribution in [0.2, 0.25) is 0 Å². The highest BCUT2D eigenvalue weighted by Gasteiger charge is 2.11. The smallest absolute Gasteiger partial charge is 0.106 e. The van der Waals surface area contributed by atoms with Gasteiger partial charge in [-0.1, -0.05) is 24.4 Å². The van der Waals surface area contributed by atoms with Gasteiger partial charge in [-0.05, 0) is 19.1 Å². The van der Waals surface area contributed by atoms with Gasteiger partial charge in [0.15, 0.2) is 0 Å². The molecule has 0 spiro atoms. The summed E-state index contributed by atoms with van der Waals surface area (Å²) in [5, 5.41) is 0. The highest BCUT2D eigenvalue weighted by Crippen LogP contribution is 2.19. The minimum absolute atomic E-state index is 0.171. The molecule has 0 saturated carbocycles. The van der Waals surface area contributed by atoms with Gasteiger partial charge in [-0.25, -0.2) is 0 Å². The van der Waals surface area contributed by atoms with Gasteiger partial charge in [0.2, 0.25) is 0 Å². The third kappa shape index (κ3) is 3.18. The lowest BCUT2D eigenvalue weighted by Crippen LogP contribution is -2.30. The minimum Gasteiger partial charge on any atom is -0.389 e. The number of nitrogens with two attached hydrogens (primary N) is 1. The van der Waals surface area contributed by atoms with E-state index in [0.717, 1.165) is 17.8 Å². The van der Waals surface area contributed by atoms with E-state index in [9.17, 15) is 0 Å². The zero-order valence-corrected chi connectivity index (χ0v) is 10.8. The molecular weight excluding hydrogens is 220 g/mol. The topological polar surface area (TPSA) is 38.5 Å². The van der Waals surface area contributed by atoms with Gasteiger partial charge >= 0.3 is 0 Å². The number of anilines is 1. The fourth-order valence-corrected chi connectivity index (χ4v) is 1.75. The second-order valence-electron chi connectivity index (χ2n) is 3.81. The molecule has 0 amide bonds. The van der Waals surface area contributed by atoms with Gasteiger partial charge in [0.25, 0.3) is 0 Å². The maximum absolute atomic E-state index is 5.69. The molecule has 1 rings (SSSR count). The Bertz CT molecular complexity index is 368. The quantitative estimate of drug-likeness (QED) is 0.794. The Balaban J connectivity index is 2.90. The number of hydrogen-bond donors (Lipinski definition) is 1. The zero-order chi connectivity index (χ0) is 12.1. The van der Waals surface area contributed by atoms with Crippen LogP contribution in [0.3, 0.4) is 0 Å². The first-order valence-corrected chi connectivity index (χ1v) is 5.59. The predicted octanol–water partition coefficient (Wildman–Crippen LogP) is 1.79. The van der Waals surface area contributed by atoms with Crippen molar-refractivity contribution in [3.63, 3.8) is 0 Å². The summed E-state index contributed by atoms with van der Waals surface area (Å²) in [5.41, 5.74) is 7.64. The van der Waals surface area contributed by atoms with Crippen molar-refractivity contribution in [2.75, 3.05) is 25.6 Å². The minimum atomic E-state index is 0.171. The summed E-state index contributed by atoms with van der Waals surface area (Å²) in [4.78, 5) is 2.52. The van der Waals surface area contributed by atoms with Crippen LogP contribution < -0.4 is 10.6 Å². The predicted molar refractivity (Wildman–Crippen MR) is 72.1 cm³/mol. The molecule has 1 unspecified atom stereocenters. The van der Waals surface area contributed by atoms with E-state index in [2.05, 4.69) is 4.90 Å². The Morgan fingerprint density at radius 2 is 2.12 bits per heavy atom. The van der Waals surface area contributed by atoms with Crippen LogP contribution in [-0.4, -0.2) is 31.8 Å². The lowest BCUT2D eigenvalue weighted by atomic mass is 10.1. The summed E-state index contributed by atoms with van der Waals surface area (Å²) in [7, 11) is 3.71. The van der Waals surface area contributed by atoms with Gasteiger partial charge < -0.3 is 15.4 Å². The van der Waals surface area contributed by atoms with E-state index < -0.39 is 0 Å². The van der Waals surface area contributed by atoms with Crippen LogP contribution in [-0.2, 0) is 4.74 Å². The summed E-state index contributed by atoms with van der Waals surface area (Å²) < 4.78 is 5.24. The van der Waals surface area contributed by atoms with E-state index in [1.807, 2.05) is 38.2 Å². The molecule has 0 saturated heterocycles. The largest absolute Gasteiger partial charge is 0.389 e. The highest BCUT2D eigenvalue weighted by molar-refractivity contribution is 7.80. The van der Waals surface area contributed by atoms with Gasteiger partial charge in [0.1, 0.15) is 4.99 Å². The Morgan fingerprint density at radius 1 is 1.50 bits per heavy atom. The van der Waals surface area contributed by atoms with Crippen molar-refractivity contribution in [1.82, 2.24) is 0 Å². The van der Waals surface area contributed by atoms with Crippen molar-refractivity contribution in [1.29, 1.82) is 0 Å². The summed E-state index contributed by atoms with van der Waals surface area (Å²) in [6, 6.07) is 7.86. The third-order valence-electron chi connectivity index (χ3n) is 2.51. The monoisotopic (exact) mass is 238 g/mol. The van der Waals surface area contributed by atoms with Crippen LogP contribution in [0.25, 0.3) is 0 Å². The molecule has 0 aliphatic carbocycles. The van der Waals surface area contributed by atoms with Crippen LogP contribution in [0.1, 0.15) is 12.5 Å². The summed E-state index contributed by atoms with van der Waals surface area (Å²) >= 11 is 5.03.